The average Bonchev–Trinajstić information content (AvgIpc) is 3.38. The van der Waals surface area contributed by atoms with Crippen molar-refractivity contribution in [1.82, 2.24) is 9.55 Å². The van der Waals surface area contributed by atoms with E-state index < -0.39 is 9.84 Å². The summed E-state index contributed by atoms with van der Waals surface area (Å²) in [6.07, 6.45) is 0.614. The van der Waals surface area contributed by atoms with Crippen LogP contribution in [0.4, 0.5) is 0 Å². The Hall–Kier alpha value is -1.90. The lowest BCUT2D eigenvalue weighted by Crippen LogP contribution is -2.14. The number of carbonyl (C=O) groups excluding carboxylic acids is 1. The topological polar surface area (TPSA) is 69.0 Å². The lowest BCUT2D eigenvalue weighted by Gasteiger charge is -2.16. The van der Waals surface area contributed by atoms with Crippen LogP contribution in [0.25, 0.3) is 11.3 Å². The first-order valence-electron chi connectivity index (χ1n) is 9.40. The summed E-state index contributed by atoms with van der Waals surface area (Å²) in [6, 6.07) is 11.8. The SMILES string of the molecule is Cc1cc(C(=O)CSc2nc(-c3ccccc3)cs2)c(C)n1[C@@H]1CCS(=O)(=O)C1. The van der Waals surface area contributed by atoms with Crippen molar-refractivity contribution < 1.29 is 13.2 Å². The van der Waals surface area contributed by atoms with Crippen LogP contribution in [0, 0.1) is 13.8 Å². The van der Waals surface area contributed by atoms with Gasteiger partial charge in [-0.05, 0) is 26.3 Å². The number of carbonyl (C=O) groups is 1. The highest BCUT2D eigenvalue weighted by atomic mass is 32.2. The van der Waals surface area contributed by atoms with Gasteiger partial charge in [0.1, 0.15) is 0 Å². The van der Waals surface area contributed by atoms with E-state index in [0.717, 1.165) is 27.0 Å². The second-order valence-corrected chi connectivity index (χ2v) is 11.6. The van der Waals surface area contributed by atoms with E-state index in [4.69, 9.17) is 0 Å². The van der Waals surface area contributed by atoms with Gasteiger partial charge >= 0.3 is 0 Å². The number of Topliss-reactive ketones (excluding diaryl/α,β-unsaturated/α-hetero) is 1. The Balaban J connectivity index is 1.46. The third-order valence-electron chi connectivity index (χ3n) is 5.24. The van der Waals surface area contributed by atoms with Crippen molar-refractivity contribution >= 4 is 38.7 Å². The molecule has 1 aliphatic heterocycles. The molecule has 0 aliphatic carbocycles. The molecule has 0 radical (unpaired) electrons. The van der Waals surface area contributed by atoms with Gasteiger partial charge in [0.05, 0.1) is 23.0 Å². The molecule has 1 atom stereocenters. The molecular formula is C21H22N2O3S3. The number of ketones is 1. The highest BCUT2D eigenvalue weighted by Crippen LogP contribution is 2.31. The summed E-state index contributed by atoms with van der Waals surface area (Å²) in [7, 11) is -2.97. The molecule has 2 aromatic heterocycles. The number of thioether (sulfide) groups is 1. The molecule has 0 N–H and O–H groups in total. The minimum Gasteiger partial charge on any atom is -0.344 e. The molecule has 4 rings (SSSR count). The molecule has 29 heavy (non-hydrogen) atoms. The van der Waals surface area contributed by atoms with E-state index in [1.165, 1.54) is 11.8 Å². The number of thiazole rings is 1. The zero-order valence-electron chi connectivity index (χ0n) is 16.3. The molecule has 0 amide bonds. The zero-order chi connectivity index (χ0) is 20.6. The Labute approximate surface area is 179 Å². The molecule has 5 nitrogen and oxygen atoms in total. The Morgan fingerprint density at radius 1 is 1.28 bits per heavy atom. The van der Waals surface area contributed by atoms with E-state index in [0.29, 0.717) is 17.7 Å². The molecule has 1 aliphatic rings. The fourth-order valence-corrected chi connectivity index (χ4v) is 7.29. The van der Waals surface area contributed by atoms with E-state index >= 15 is 0 Å². The van der Waals surface area contributed by atoms with Gasteiger partial charge in [-0.1, -0.05) is 42.1 Å². The monoisotopic (exact) mass is 446 g/mol. The van der Waals surface area contributed by atoms with Gasteiger partial charge in [-0.3, -0.25) is 4.79 Å². The van der Waals surface area contributed by atoms with Gasteiger partial charge in [-0.2, -0.15) is 0 Å². The van der Waals surface area contributed by atoms with Gasteiger partial charge in [0.2, 0.25) is 0 Å². The maximum absolute atomic E-state index is 12.8. The quantitative estimate of drug-likeness (QED) is 0.410. The smallest absolute Gasteiger partial charge is 0.174 e. The first-order chi connectivity index (χ1) is 13.8. The van der Waals surface area contributed by atoms with Crippen molar-refractivity contribution in [3.05, 3.63) is 58.7 Å². The Morgan fingerprint density at radius 2 is 2.03 bits per heavy atom. The minimum absolute atomic E-state index is 0.0478. The Kier molecular flexibility index (Phi) is 5.68. The Morgan fingerprint density at radius 3 is 2.72 bits per heavy atom. The standard InChI is InChI=1S/C21H22N2O3S3/c1-14-10-18(15(2)23(14)17-8-9-29(25,26)13-17)20(24)12-28-21-22-19(11-27-21)16-6-4-3-5-7-16/h3-7,10-11,17H,8-9,12-13H2,1-2H3/t17-/m1/s1. The van der Waals surface area contributed by atoms with E-state index in [1.807, 2.05) is 60.2 Å². The second kappa shape index (κ2) is 8.08. The molecule has 1 aromatic carbocycles. The van der Waals surface area contributed by atoms with E-state index in [1.54, 1.807) is 11.3 Å². The number of rotatable bonds is 6. The summed E-state index contributed by atoms with van der Waals surface area (Å²) in [5.41, 5.74) is 4.47. The van der Waals surface area contributed by atoms with Crippen LogP contribution < -0.4 is 0 Å². The molecule has 0 unspecified atom stereocenters. The van der Waals surface area contributed by atoms with Gasteiger partial charge in [-0.25, -0.2) is 13.4 Å². The number of benzene rings is 1. The van der Waals surface area contributed by atoms with Crippen LogP contribution in [0.3, 0.4) is 0 Å². The van der Waals surface area contributed by atoms with Gasteiger partial charge in [0.25, 0.3) is 0 Å². The third-order valence-corrected chi connectivity index (χ3v) is 9.01. The van der Waals surface area contributed by atoms with Crippen molar-refractivity contribution in [3.8, 4) is 11.3 Å². The van der Waals surface area contributed by atoms with Crippen LogP contribution in [0.15, 0.2) is 46.1 Å². The molecule has 1 fully saturated rings. The van der Waals surface area contributed by atoms with Gasteiger partial charge < -0.3 is 4.57 Å². The van der Waals surface area contributed by atoms with Crippen molar-refractivity contribution in [3.63, 3.8) is 0 Å². The summed E-state index contributed by atoms with van der Waals surface area (Å²) in [6.45, 7) is 3.85. The second-order valence-electron chi connectivity index (χ2n) is 7.29. The van der Waals surface area contributed by atoms with E-state index in [-0.39, 0.29) is 23.3 Å². The molecule has 8 heteroatoms. The number of hydrogen-bond donors (Lipinski definition) is 0. The van der Waals surface area contributed by atoms with Crippen molar-refractivity contribution in [2.45, 2.75) is 30.6 Å². The van der Waals surface area contributed by atoms with Crippen LogP contribution in [0.2, 0.25) is 0 Å². The van der Waals surface area contributed by atoms with Crippen LogP contribution in [0.1, 0.15) is 34.2 Å². The summed E-state index contributed by atoms with van der Waals surface area (Å²) in [5, 5.41) is 2.01. The van der Waals surface area contributed by atoms with Crippen LogP contribution >= 0.6 is 23.1 Å². The number of hydrogen-bond acceptors (Lipinski definition) is 6. The van der Waals surface area contributed by atoms with Gasteiger partial charge in [0.15, 0.2) is 20.0 Å². The third kappa shape index (κ3) is 4.34. The number of aryl methyl sites for hydroxylation is 1. The summed E-state index contributed by atoms with van der Waals surface area (Å²) in [4.78, 5) is 17.5. The van der Waals surface area contributed by atoms with Gasteiger partial charge in [0, 0.05) is 33.9 Å². The average molecular weight is 447 g/mol. The lowest BCUT2D eigenvalue weighted by molar-refractivity contribution is 0.102. The maximum atomic E-state index is 12.8. The molecular weight excluding hydrogens is 424 g/mol. The molecule has 3 heterocycles. The highest BCUT2D eigenvalue weighted by Gasteiger charge is 2.31. The van der Waals surface area contributed by atoms with Gasteiger partial charge in [-0.15, -0.1) is 11.3 Å². The van der Waals surface area contributed by atoms with Crippen molar-refractivity contribution in [2.75, 3.05) is 17.3 Å². The minimum atomic E-state index is -2.97. The number of nitrogens with zero attached hydrogens (tertiary/aromatic N) is 2. The largest absolute Gasteiger partial charge is 0.344 e. The van der Waals surface area contributed by atoms with Crippen LogP contribution in [-0.2, 0) is 9.84 Å². The summed E-state index contributed by atoms with van der Waals surface area (Å²) < 4.78 is 26.6. The molecule has 0 spiro atoms. The first kappa shape index (κ1) is 20.4. The maximum Gasteiger partial charge on any atom is 0.174 e. The van der Waals surface area contributed by atoms with E-state index in [2.05, 4.69) is 4.98 Å². The molecule has 3 aromatic rings. The molecule has 0 bridgehead atoms. The van der Waals surface area contributed by atoms with E-state index in [9.17, 15) is 13.2 Å². The predicted octanol–water partition coefficient (Wildman–Crippen LogP) is 4.56. The predicted molar refractivity (Wildman–Crippen MR) is 119 cm³/mol. The lowest BCUT2D eigenvalue weighted by atomic mass is 10.2. The van der Waals surface area contributed by atoms with Crippen molar-refractivity contribution in [1.29, 1.82) is 0 Å². The van der Waals surface area contributed by atoms with Crippen LogP contribution in [-0.4, -0.2) is 41.0 Å². The molecule has 152 valence electrons. The normalized spacial score (nSPS) is 18.2. The fourth-order valence-electron chi connectivity index (χ4n) is 3.87. The van der Waals surface area contributed by atoms with Crippen LogP contribution in [0.5, 0.6) is 0 Å². The number of sulfone groups is 1. The molecule has 1 saturated heterocycles. The Bertz CT molecular complexity index is 1150. The fraction of sp³-hybridized carbons (Fsp3) is 0.333. The number of aromatic nitrogens is 2. The summed E-state index contributed by atoms with van der Waals surface area (Å²) in [5.74, 6) is 0.746. The molecule has 0 saturated carbocycles. The highest BCUT2D eigenvalue weighted by molar-refractivity contribution is 8.01. The first-order valence-corrected chi connectivity index (χ1v) is 13.1. The zero-order valence-corrected chi connectivity index (χ0v) is 18.7. The van der Waals surface area contributed by atoms with Crippen molar-refractivity contribution in [2.24, 2.45) is 0 Å². The summed E-state index contributed by atoms with van der Waals surface area (Å²) >= 11 is 2.99.